The van der Waals surface area contributed by atoms with Crippen molar-refractivity contribution >= 4 is 17.4 Å². The fraction of sp³-hybridized carbons (Fsp3) is 0.769. The third kappa shape index (κ3) is 3.12. The Labute approximate surface area is 118 Å². The van der Waals surface area contributed by atoms with Gasteiger partial charge in [-0.25, -0.2) is 0 Å². The van der Waals surface area contributed by atoms with Crippen molar-refractivity contribution in [3.8, 4) is 0 Å². The molecule has 0 radical (unpaired) electrons. The summed E-state index contributed by atoms with van der Waals surface area (Å²) in [7, 11) is 0. The van der Waals surface area contributed by atoms with Crippen LogP contribution in [0.3, 0.4) is 0 Å². The largest absolute Gasteiger partial charge is 0.335 e. The van der Waals surface area contributed by atoms with E-state index in [-0.39, 0.29) is 11.8 Å². The second-order valence-corrected chi connectivity index (χ2v) is 5.97. The van der Waals surface area contributed by atoms with Gasteiger partial charge in [-0.05, 0) is 50.3 Å². The summed E-state index contributed by atoms with van der Waals surface area (Å²) in [5, 5.41) is 7.44. The molecule has 106 valence electrons. The molecular weight excluding hydrogens is 260 g/mol. The van der Waals surface area contributed by atoms with Crippen molar-refractivity contribution in [2.24, 2.45) is 0 Å². The third-order valence-electron chi connectivity index (χ3n) is 3.61. The SMILES string of the molecule is CCN(C(=O)c1snnc1C(C)C)C1CCNCC1. The van der Waals surface area contributed by atoms with Crippen molar-refractivity contribution in [2.75, 3.05) is 19.6 Å². The zero-order valence-corrected chi connectivity index (χ0v) is 12.7. The molecule has 0 atom stereocenters. The van der Waals surface area contributed by atoms with Gasteiger partial charge in [0, 0.05) is 12.6 Å². The van der Waals surface area contributed by atoms with Crippen LogP contribution < -0.4 is 5.32 Å². The van der Waals surface area contributed by atoms with Gasteiger partial charge in [-0.2, -0.15) is 0 Å². The second kappa shape index (κ2) is 6.43. The molecule has 0 saturated carbocycles. The summed E-state index contributed by atoms with van der Waals surface area (Å²) in [6.45, 7) is 8.88. The van der Waals surface area contributed by atoms with Gasteiger partial charge in [0.1, 0.15) is 4.88 Å². The smallest absolute Gasteiger partial charge is 0.267 e. The molecule has 1 saturated heterocycles. The van der Waals surface area contributed by atoms with Crippen LogP contribution in [-0.2, 0) is 0 Å². The van der Waals surface area contributed by atoms with Crippen LogP contribution in [0.1, 0.15) is 54.9 Å². The molecule has 2 rings (SSSR count). The fourth-order valence-electron chi connectivity index (χ4n) is 2.54. The molecular formula is C13H22N4OS. The first-order chi connectivity index (χ1) is 9.15. The minimum Gasteiger partial charge on any atom is -0.335 e. The van der Waals surface area contributed by atoms with Gasteiger partial charge in [0.25, 0.3) is 5.91 Å². The Morgan fingerprint density at radius 2 is 2.16 bits per heavy atom. The molecule has 1 aliphatic rings. The van der Waals surface area contributed by atoms with Gasteiger partial charge in [0.15, 0.2) is 0 Å². The van der Waals surface area contributed by atoms with E-state index in [1.54, 1.807) is 0 Å². The molecule has 0 aromatic carbocycles. The Kier molecular flexibility index (Phi) is 4.87. The lowest BCUT2D eigenvalue weighted by molar-refractivity contribution is 0.0659. The van der Waals surface area contributed by atoms with Gasteiger partial charge in [-0.3, -0.25) is 4.79 Å². The maximum Gasteiger partial charge on any atom is 0.267 e. The van der Waals surface area contributed by atoms with E-state index in [9.17, 15) is 4.79 Å². The first-order valence-electron chi connectivity index (χ1n) is 6.99. The highest BCUT2D eigenvalue weighted by Crippen LogP contribution is 2.23. The van der Waals surface area contributed by atoms with Gasteiger partial charge in [0.05, 0.1) is 5.69 Å². The van der Waals surface area contributed by atoms with Gasteiger partial charge in [-0.1, -0.05) is 18.3 Å². The average Bonchev–Trinajstić information content (AvgIpc) is 2.90. The number of aromatic nitrogens is 2. The predicted molar refractivity (Wildman–Crippen MR) is 76.6 cm³/mol. The van der Waals surface area contributed by atoms with Gasteiger partial charge in [0.2, 0.25) is 0 Å². The number of carbonyl (C=O) groups is 1. The molecule has 0 unspecified atom stereocenters. The van der Waals surface area contributed by atoms with Crippen LogP contribution in [-0.4, -0.2) is 46.1 Å². The summed E-state index contributed by atoms with van der Waals surface area (Å²) in [5.41, 5.74) is 0.836. The van der Waals surface area contributed by atoms with Crippen LogP contribution in [0.4, 0.5) is 0 Å². The molecule has 5 nitrogen and oxygen atoms in total. The first kappa shape index (κ1) is 14.4. The number of carbonyl (C=O) groups excluding carboxylic acids is 1. The van der Waals surface area contributed by atoms with Gasteiger partial charge in [-0.15, -0.1) is 5.10 Å². The lowest BCUT2D eigenvalue weighted by Gasteiger charge is -2.33. The first-order valence-corrected chi connectivity index (χ1v) is 7.76. The van der Waals surface area contributed by atoms with Crippen molar-refractivity contribution in [1.82, 2.24) is 19.8 Å². The van der Waals surface area contributed by atoms with Crippen LogP contribution in [0.25, 0.3) is 0 Å². The summed E-state index contributed by atoms with van der Waals surface area (Å²) in [6.07, 6.45) is 2.06. The Morgan fingerprint density at radius 3 is 2.74 bits per heavy atom. The molecule has 0 spiro atoms. The predicted octanol–water partition coefficient (Wildman–Crippen LogP) is 1.88. The average molecular weight is 282 g/mol. The summed E-state index contributed by atoms with van der Waals surface area (Å²) < 4.78 is 3.96. The maximum atomic E-state index is 12.7. The fourth-order valence-corrected chi connectivity index (χ4v) is 3.32. The number of nitrogens with zero attached hydrogens (tertiary/aromatic N) is 3. The van der Waals surface area contributed by atoms with E-state index < -0.39 is 0 Å². The molecule has 19 heavy (non-hydrogen) atoms. The Balaban J connectivity index is 2.17. The highest BCUT2D eigenvalue weighted by atomic mass is 32.1. The van der Waals surface area contributed by atoms with E-state index in [0.29, 0.717) is 6.04 Å². The van der Waals surface area contributed by atoms with E-state index >= 15 is 0 Å². The molecule has 1 fully saturated rings. The van der Waals surface area contributed by atoms with Crippen LogP contribution in [0, 0.1) is 0 Å². The monoisotopic (exact) mass is 282 g/mol. The van der Waals surface area contributed by atoms with Crippen LogP contribution in [0.5, 0.6) is 0 Å². The summed E-state index contributed by atoms with van der Waals surface area (Å²) >= 11 is 1.23. The lowest BCUT2D eigenvalue weighted by Crippen LogP contribution is -2.46. The highest BCUT2D eigenvalue weighted by molar-refractivity contribution is 7.08. The molecule has 1 aliphatic heterocycles. The highest BCUT2D eigenvalue weighted by Gasteiger charge is 2.28. The minimum absolute atomic E-state index is 0.105. The van der Waals surface area contributed by atoms with Crippen LogP contribution in [0.2, 0.25) is 0 Å². The number of rotatable bonds is 4. The van der Waals surface area contributed by atoms with E-state index in [0.717, 1.165) is 43.0 Å². The van der Waals surface area contributed by atoms with Crippen molar-refractivity contribution in [3.05, 3.63) is 10.6 Å². The zero-order chi connectivity index (χ0) is 13.8. The molecule has 0 bridgehead atoms. The van der Waals surface area contributed by atoms with E-state index in [1.165, 1.54) is 11.5 Å². The lowest BCUT2D eigenvalue weighted by atomic mass is 10.0. The van der Waals surface area contributed by atoms with Crippen molar-refractivity contribution in [1.29, 1.82) is 0 Å². The zero-order valence-electron chi connectivity index (χ0n) is 11.8. The number of piperidine rings is 1. The maximum absolute atomic E-state index is 12.7. The number of hydrogen-bond donors (Lipinski definition) is 1. The summed E-state index contributed by atoms with van der Waals surface area (Å²) in [6, 6.07) is 0.348. The molecule has 1 amide bonds. The second-order valence-electron chi connectivity index (χ2n) is 5.21. The van der Waals surface area contributed by atoms with Crippen molar-refractivity contribution in [2.45, 2.75) is 45.6 Å². The molecule has 1 aromatic heterocycles. The Morgan fingerprint density at radius 1 is 1.47 bits per heavy atom. The quantitative estimate of drug-likeness (QED) is 0.916. The molecule has 0 aliphatic carbocycles. The standard InChI is InChI=1S/C13H22N4OS/c1-4-17(10-5-7-14-8-6-10)13(18)12-11(9(2)3)15-16-19-12/h9-10,14H,4-8H2,1-3H3. The number of amides is 1. The van der Waals surface area contributed by atoms with E-state index in [4.69, 9.17) is 0 Å². The summed E-state index contributed by atoms with van der Waals surface area (Å²) in [5.74, 6) is 0.345. The van der Waals surface area contributed by atoms with Gasteiger partial charge < -0.3 is 10.2 Å². The van der Waals surface area contributed by atoms with Crippen molar-refractivity contribution in [3.63, 3.8) is 0 Å². The van der Waals surface area contributed by atoms with E-state index in [1.807, 2.05) is 25.7 Å². The molecule has 1 aromatic rings. The summed E-state index contributed by atoms with van der Waals surface area (Å²) in [4.78, 5) is 15.4. The molecule has 6 heteroatoms. The topological polar surface area (TPSA) is 58.1 Å². The van der Waals surface area contributed by atoms with Crippen LogP contribution in [0.15, 0.2) is 0 Å². The van der Waals surface area contributed by atoms with Crippen molar-refractivity contribution < 1.29 is 4.79 Å². The number of hydrogen-bond acceptors (Lipinski definition) is 5. The number of nitrogens with one attached hydrogen (secondary N) is 1. The van der Waals surface area contributed by atoms with Gasteiger partial charge >= 0.3 is 0 Å². The Bertz CT molecular complexity index is 426. The third-order valence-corrected chi connectivity index (χ3v) is 4.34. The minimum atomic E-state index is 0.105. The molecule has 1 N–H and O–H groups in total. The normalized spacial score (nSPS) is 16.8. The van der Waals surface area contributed by atoms with E-state index in [2.05, 4.69) is 14.9 Å². The van der Waals surface area contributed by atoms with Crippen LogP contribution >= 0.6 is 11.5 Å². The molecule has 2 heterocycles. The Hall–Kier alpha value is -1.01.